The van der Waals surface area contributed by atoms with E-state index in [1.165, 1.54) is 6.42 Å². The molecule has 150 valence electrons. The molecule has 6 atom stereocenters. The summed E-state index contributed by atoms with van der Waals surface area (Å²) in [6.45, 7) is 10.3. The zero-order chi connectivity index (χ0) is 18.8. The van der Waals surface area contributed by atoms with Gasteiger partial charge in [-0.15, -0.1) is 0 Å². The molecule has 2 bridgehead atoms. The van der Waals surface area contributed by atoms with Crippen LogP contribution in [-0.4, -0.2) is 67.8 Å². The summed E-state index contributed by atoms with van der Waals surface area (Å²) < 4.78 is 13.1. The van der Waals surface area contributed by atoms with Gasteiger partial charge in [-0.05, 0) is 62.8 Å². The predicted octanol–water partition coefficient (Wildman–Crippen LogP) is 1.20. The van der Waals surface area contributed by atoms with Gasteiger partial charge in [0.25, 0.3) is 0 Å². The number of hydrogen-bond donors (Lipinski definition) is 2. The van der Waals surface area contributed by atoms with Crippen molar-refractivity contribution in [3.63, 3.8) is 0 Å². The highest BCUT2D eigenvalue weighted by molar-refractivity contribution is 6.48. The molecule has 0 radical (unpaired) electrons. The first kappa shape index (κ1) is 18.4. The maximum absolute atomic E-state index is 12.9. The van der Waals surface area contributed by atoms with E-state index in [0.29, 0.717) is 23.9 Å². The molecule has 5 unspecified atom stereocenters. The van der Waals surface area contributed by atoms with E-state index in [1.54, 1.807) is 0 Å². The predicted molar refractivity (Wildman–Crippen MR) is 104 cm³/mol. The van der Waals surface area contributed by atoms with Crippen LogP contribution in [0.2, 0.25) is 0 Å². The van der Waals surface area contributed by atoms with Crippen LogP contribution in [0.4, 0.5) is 0 Å². The number of rotatable bonds is 4. The highest BCUT2D eigenvalue weighted by Crippen LogP contribution is 2.65. The number of carbonyl (C=O) groups is 1. The van der Waals surface area contributed by atoms with E-state index in [9.17, 15) is 4.79 Å². The van der Waals surface area contributed by atoms with Gasteiger partial charge in [-0.2, -0.15) is 0 Å². The Kier molecular flexibility index (Phi) is 4.39. The Hall–Kier alpha value is -0.625. The number of carbonyl (C=O) groups excluding carboxylic acids is 1. The lowest BCUT2D eigenvalue weighted by molar-refractivity contribution is -0.199. The van der Waals surface area contributed by atoms with Crippen molar-refractivity contribution in [3.8, 4) is 0 Å². The second-order valence-electron chi connectivity index (χ2n) is 10.2. The van der Waals surface area contributed by atoms with Crippen molar-refractivity contribution >= 4 is 13.0 Å². The van der Waals surface area contributed by atoms with Crippen molar-refractivity contribution in [1.29, 1.82) is 0 Å². The fraction of sp³-hybridized carbons (Fsp3) is 0.950. The van der Waals surface area contributed by atoms with Crippen molar-refractivity contribution in [2.24, 2.45) is 17.3 Å². The van der Waals surface area contributed by atoms with Crippen LogP contribution in [0.5, 0.6) is 0 Å². The molecule has 6 fully saturated rings. The van der Waals surface area contributed by atoms with Crippen LogP contribution >= 0.6 is 0 Å². The largest absolute Gasteiger partial charge is 0.481 e. The van der Waals surface area contributed by atoms with E-state index < -0.39 is 0 Å². The van der Waals surface area contributed by atoms with Gasteiger partial charge in [0.2, 0.25) is 5.91 Å². The van der Waals surface area contributed by atoms with Gasteiger partial charge in [-0.25, -0.2) is 0 Å². The first-order valence-corrected chi connectivity index (χ1v) is 11.0. The summed E-state index contributed by atoms with van der Waals surface area (Å²) in [7, 11) is -0.255. The Morgan fingerprint density at radius 1 is 1.30 bits per heavy atom. The molecule has 3 aliphatic heterocycles. The van der Waals surface area contributed by atoms with E-state index in [4.69, 9.17) is 9.31 Å². The Balaban J connectivity index is 1.24. The standard InChI is InChI=1S/C20H34BN3O3/c1-19(2)13-9-15(19)20(3)16(10-13)26-21(27-20)17-5-4-8-24(17)18(25)12-23-14-6-7-22-11-14/h13-17,22-23H,4-12H2,1-3H3/t13?,14?,15?,16?,17?,20-/m0/s1. The Bertz CT molecular complexity index is 611. The average molecular weight is 375 g/mol. The van der Waals surface area contributed by atoms with Crippen molar-refractivity contribution < 1.29 is 14.1 Å². The number of likely N-dealkylation sites (tertiary alicyclic amines) is 1. The Morgan fingerprint density at radius 3 is 2.89 bits per heavy atom. The summed E-state index contributed by atoms with van der Waals surface area (Å²) in [4.78, 5) is 14.9. The zero-order valence-electron chi connectivity index (χ0n) is 17.0. The first-order valence-electron chi connectivity index (χ1n) is 11.0. The third-order valence-electron chi connectivity index (χ3n) is 8.50. The van der Waals surface area contributed by atoms with E-state index in [0.717, 1.165) is 51.2 Å². The maximum atomic E-state index is 12.9. The number of amides is 1. The molecule has 6 aliphatic rings. The third kappa shape index (κ3) is 2.80. The van der Waals surface area contributed by atoms with E-state index in [2.05, 4.69) is 31.4 Å². The van der Waals surface area contributed by atoms with Crippen LogP contribution in [0.1, 0.15) is 52.9 Å². The number of nitrogens with one attached hydrogen (secondary N) is 2. The van der Waals surface area contributed by atoms with Crippen LogP contribution < -0.4 is 10.6 Å². The molecule has 0 spiro atoms. The fourth-order valence-electron chi connectivity index (χ4n) is 6.61. The van der Waals surface area contributed by atoms with Gasteiger partial charge in [0.1, 0.15) is 0 Å². The number of hydrogen-bond acceptors (Lipinski definition) is 5. The molecule has 1 amide bonds. The molecule has 3 saturated heterocycles. The lowest BCUT2D eigenvalue weighted by Crippen LogP contribution is -2.65. The van der Waals surface area contributed by atoms with Crippen LogP contribution in [0.15, 0.2) is 0 Å². The van der Waals surface area contributed by atoms with E-state index >= 15 is 0 Å². The minimum Gasteiger partial charge on any atom is -0.404 e. The molecule has 7 heteroatoms. The summed E-state index contributed by atoms with van der Waals surface area (Å²) in [6, 6.07) is 0.421. The van der Waals surface area contributed by atoms with E-state index in [1.807, 2.05) is 4.90 Å². The Morgan fingerprint density at radius 2 is 2.15 bits per heavy atom. The van der Waals surface area contributed by atoms with Gasteiger partial charge in [0, 0.05) is 19.1 Å². The normalized spacial score (nSPS) is 45.1. The quantitative estimate of drug-likeness (QED) is 0.723. The molecular formula is C20H34BN3O3. The minimum absolute atomic E-state index is 0.0729. The smallest absolute Gasteiger partial charge is 0.404 e. The lowest BCUT2D eigenvalue weighted by Gasteiger charge is -2.64. The summed E-state index contributed by atoms with van der Waals surface area (Å²) in [5.41, 5.74) is 0.169. The minimum atomic E-state index is -0.255. The highest BCUT2D eigenvalue weighted by Gasteiger charge is 2.69. The van der Waals surface area contributed by atoms with Crippen molar-refractivity contribution in [2.75, 3.05) is 26.2 Å². The molecule has 3 saturated carbocycles. The molecule has 3 aliphatic carbocycles. The van der Waals surface area contributed by atoms with E-state index in [-0.39, 0.29) is 30.7 Å². The molecule has 6 rings (SSSR count). The van der Waals surface area contributed by atoms with Crippen LogP contribution in [0, 0.1) is 17.3 Å². The monoisotopic (exact) mass is 375 g/mol. The molecule has 2 N–H and O–H groups in total. The van der Waals surface area contributed by atoms with Crippen molar-refractivity contribution in [2.45, 2.75) is 76.6 Å². The first-order chi connectivity index (χ1) is 12.9. The van der Waals surface area contributed by atoms with Crippen molar-refractivity contribution in [1.82, 2.24) is 15.5 Å². The maximum Gasteiger partial charge on any atom is 0.481 e. The highest BCUT2D eigenvalue weighted by atomic mass is 16.7. The Labute approximate surface area is 163 Å². The van der Waals surface area contributed by atoms with Gasteiger partial charge in [-0.1, -0.05) is 13.8 Å². The second-order valence-corrected chi connectivity index (χ2v) is 10.2. The summed E-state index contributed by atoms with van der Waals surface area (Å²) in [5.74, 6) is 1.60. The second kappa shape index (κ2) is 6.44. The van der Waals surface area contributed by atoms with Crippen LogP contribution in [-0.2, 0) is 14.1 Å². The lowest BCUT2D eigenvalue weighted by atomic mass is 9.43. The van der Waals surface area contributed by atoms with Crippen molar-refractivity contribution in [3.05, 3.63) is 0 Å². The molecule has 0 aromatic carbocycles. The zero-order valence-corrected chi connectivity index (χ0v) is 17.0. The summed E-state index contributed by atoms with van der Waals surface area (Å²) >= 11 is 0. The summed E-state index contributed by atoms with van der Waals surface area (Å²) in [5, 5.41) is 6.75. The average Bonchev–Trinajstić information content (AvgIpc) is 3.36. The van der Waals surface area contributed by atoms with Gasteiger partial charge < -0.3 is 24.8 Å². The van der Waals surface area contributed by atoms with Crippen LogP contribution in [0.25, 0.3) is 0 Å². The van der Waals surface area contributed by atoms with Gasteiger partial charge >= 0.3 is 7.12 Å². The molecule has 27 heavy (non-hydrogen) atoms. The molecular weight excluding hydrogens is 341 g/mol. The molecule has 6 nitrogen and oxygen atoms in total. The summed E-state index contributed by atoms with van der Waals surface area (Å²) in [6.07, 6.45) is 5.70. The topological polar surface area (TPSA) is 62.8 Å². The van der Waals surface area contributed by atoms with Gasteiger partial charge in [0.15, 0.2) is 0 Å². The van der Waals surface area contributed by atoms with Crippen LogP contribution in [0.3, 0.4) is 0 Å². The number of nitrogens with zero attached hydrogens (tertiary/aromatic N) is 1. The van der Waals surface area contributed by atoms with Gasteiger partial charge in [-0.3, -0.25) is 4.79 Å². The third-order valence-corrected chi connectivity index (χ3v) is 8.50. The fourth-order valence-corrected chi connectivity index (χ4v) is 6.61. The molecule has 0 aromatic heterocycles. The van der Waals surface area contributed by atoms with Gasteiger partial charge in [0.05, 0.1) is 24.2 Å². The molecule has 3 heterocycles. The molecule has 0 aromatic rings. The SMILES string of the molecule is CC1(C)C2CC3OB(C4CCCN4C(=O)CNC4CCNC4)O[C@@]3(C)C1C2.